The van der Waals surface area contributed by atoms with Crippen LogP contribution in [-0.4, -0.2) is 92.9 Å². The van der Waals surface area contributed by atoms with Gasteiger partial charge in [-0.2, -0.15) is 0 Å². The highest BCUT2D eigenvalue weighted by Crippen LogP contribution is 2.00. The van der Waals surface area contributed by atoms with Crippen molar-refractivity contribution in [3.05, 3.63) is 0 Å². The fourth-order valence-electron chi connectivity index (χ4n) is 2.20. The first-order valence-electron chi connectivity index (χ1n) is 8.98. The van der Waals surface area contributed by atoms with E-state index in [1.807, 2.05) is 10.6 Å². The van der Waals surface area contributed by atoms with Crippen molar-refractivity contribution >= 4 is 35.6 Å². The van der Waals surface area contributed by atoms with Gasteiger partial charge in [-0.1, -0.05) is 0 Å². The van der Waals surface area contributed by atoms with E-state index in [4.69, 9.17) is 21.7 Å². The Morgan fingerprint density at radius 3 is 1.87 bits per heavy atom. The SMILES string of the molecule is CC(O)C(NC(=O)C(CO)NC(=O)C(N)CCC(=O)O)C(=O)NC(CC(N)=O)C(=O)O. The normalized spacial score (nSPS) is 15.5. The van der Waals surface area contributed by atoms with Crippen molar-refractivity contribution < 1.29 is 49.2 Å². The van der Waals surface area contributed by atoms with Gasteiger partial charge in [0, 0.05) is 6.42 Å². The van der Waals surface area contributed by atoms with Crippen molar-refractivity contribution in [3.63, 3.8) is 0 Å². The number of hydrogen-bond donors (Lipinski definition) is 9. The first-order valence-corrected chi connectivity index (χ1v) is 8.98. The maximum atomic E-state index is 12.3. The lowest BCUT2D eigenvalue weighted by atomic mass is 10.1. The van der Waals surface area contributed by atoms with Crippen molar-refractivity contribution in [2.45, 2.75) is 56.5 Å². The molecule has 15 heteroatoms. The van der Waals surface area contributed by atoms with Crippen molar-refractivity contribution in [1.82, 2.24) is 16.0 Å². The number of rotatable bonds is 14. The molecule has 15 nitrogen and oxygen atoms in total. The van der Waals surface area contributed by atoms with Gasteiger partial charge in [-0.25, -0.2) is 4.79 Å². The third-order valence-corrected chi connectivity index (χ3v) is 3.90. The summed E-state index contributed by atoms with van der Waals surface area (Å²) in [5.74, 6) is -7.03. The zero-order valence-corrected chi connectivity index (χ0v) is 16.6. The molecule has 11 N–H and O–H groups in total. The summed E-state index contributed by atoms with van der Waals surface area (Å²) >= 11 is 0. The Morgan fingerprint density at radius 2 is 1.45 bits per heavy atom. The van der Waals surface area contributed by atoms with Crippen molar-refractivity contribution in [2.24, 2.45) is 11.5 Å². The second-order valence-corrected chi connectivity index (χ2v) is 6.58. The summed E-state index contributed by atoms with van der Waals surface area (Å²) in [5.41, 5.74) is 10.4. The minimum atomic E-state index is -1.72. The average molecular weight is 449 g/mol. The van der Waals surface area contributed by atoms with E-state index in [1.165, 1.54) is 0 Å². The number of primary amides is 1. The molecule has 0 spiro atoms. The lowest BCUT2D eigenvalue weighted by Crippen LogP contribution is -2.60. The number of amides is 4. The largest absolute Gasteiger partial charge is 0.481 e. The van der Waals surface area contributed by atoms with E-state index < -0.39 is 85.3 Å². The summed E-state index contributed by atoms with van der Waals surface area (Å²) in [6.45, 7) is 0.166. The van der Waals surface area contributed by atoms with Gasteiger partial charge in [0.25, 0.3) is 0 Å². The molecule has 0 aliphatic carbocycles. The van der Waals surface area contributed by atoms with Crippen LogP contribution in [-0.2, 0) is 28.8 Å². The Labute approximate surface area is 176 Å². The van der Waals surface area contributed by atoms with Crippen LogP contribution >= 0.6 is 0 Å². The zero-order valence-electron chi connectivity index (χ0n) is 16.6. The molecule has 5 unspecified atom stereocenters. The summed E-state index contributed by atoms with van der Waals surface area (Å²) in [6.07, 6.45) is -2.94. The van der Waals surface area contributed by atoms with Crippen LogP contribution in [0.4, 0.5) is 0 Å². The summed E-state index contributed by atoms with van der Waals surface area (Å²) in [7, 11) is 0. The number of carboxylic acids is 2. The van der Waals surface area contributed by atoms with Gasteiger partial charge in [-0.15, -0.1) is 0 Å². The number of carbonyl (C=O) groups is 6. The second-order valence-electron chi connectivity index (χ2n) is 6.58. The van der Waals surface area contributed by atoms with Crippen LogP contribution in [0.25, 0.3) is 0 Å². The van der Waals surface area contributed by atoms with Crippen molar-refractivity contribution in [2.75, 3.05) is 6.61 Å². The van der Waals surface area contributed by atoms with Crippen LogP contribution < -0.4 is 27.4 Å². The van der Waals surface area contributed by atoms with Gasteiger partial charge in [0.15, 0.2) is 0 Å². The van der Waals surface area contributed by atoms with Crippen molar-refractivity contribution in [3.8, 4) is 0 Å². The van der Waals surface area contributed by atoms with Gasteiger partial charge < -0.3 is 47.8 Å². The summed E-state index contributed by atoms with van der Waals surface area (Å²) in [4.78, 5) is 69.1. The number of carbonyl (C=O) groups excluding carboxylic acids is 4. The molecule has 0 saturated carbocycles. The van der Waals surface area contributed by atoms with Gasteiger partial charge >= 0.3 is 11.9 Å². The highest BCUT2D eigenvalue weighted by atomic mass is 16.4. The molecule has 0 aliphatic heterocycles. The Morgan fingerprint density at radius 1 is 0.903 bits per heavy atom. The van der Waals surface area contributed by atoms with Gasteiger partial charge in [0.05, 0.1) is 25.2 Å². The Hall–Kier alpha value is -3.30. The van der Waals surface area contributed by atoms with Crippen LogP contribution in [0, 0.1) is 0 Å². The smallest absolute Gasteiger partial charge is 0.326 e. The zero-order chi connectivity index (χ0) is 24.3. The number of carboxylic acid groups (broad SMARTS) is 2. The Kier molecular flexibility index (Phi) is 11.7. The first-order chi connectivity index (χ1) is 14.3. The van der Waals surface area contributed by atoms with E-state index in [1.54, 1.807) is 0 Å². The number of nitrogens with one attached hydrogen (secondary N) is 3. The minimum absolute atomic E-state index is 0.240. The lowest BCUT2D eigenvalue weighted by molar-refractivity contribution is -0.144. The van der Waals surface area contributed by atoms with Crippen molar-refractivity contribution in [1.29, 1.82) is 0 Å². The van der Waals surface area contributed by atoms with E-state index in [0.29, 0.717) is 0 Å². The fourth-order valence-corrected chi connectivity index (χ4v) is 2.20. The molecular formula is C16H27N5O10. The lowest BCUT2D eigenvalue weighted by Gasteiger charge is -2.25. The molecular weight excluding hydrogens is 422 g/mol. The van der Waals surface area contributed by atoms with Gasteiger partial charge in [-0.05, 0) is 13.3 Å². The monoisotopic (exact) mass is 449 g/mol. The van der Waals surface area contributed by atoms with Gasteiger partial charge in [0.1, 0.15) is 18.1 Å². The number of aliphatic carboxylic acids is 2. The van der Waals surface area contributed by atoms with E-state index in [9.17, 15) is 39.0 Å². The number of aliphatic hydroxyl groups is 2. The predicted octanol–water partition coefficient (Wildman–Crippen LogP) is -5.03. The highest BCUT2D eigenvalue weighted by molar-refractivity contribution is 5.95. The minimum Gasteiger partial charge on any atom is -0.481 e. The molecule has 0 aromatic rings. The van der Waals surface area contributed by atoms with Crippen LogP contribution in [0.15, 0.2) is 0 Å². The Balaban J connectivity index is 5.16. The van der Waals surface area contributed by atoms with Crippen LogP contribution in [0.5, 0.6) is 0 Å². The standard InChI is InChI=1S/C16H27N5O10/c1-6(23)12(15(29)19-8(16(30)31)4-10(18)24)21-14(28)9(5-22)20-13(27)7(17)2-3-11(25)26/h6-9,12,22-23H,2-5,17H2,1H3,(H2,18,24)(H,19,29)(H,20,27)(H,21,28)(H,25,26)(H,30,31). The molecule has 0 radical (unpaired) electrons. The van der Waals surface area contributed by atoms with Gasteiger partial charge in [-0.3, -0.25) is 24.0 Å². The quantitative estimate of drug-likeness (QED) is 0.121. The molecule has 176 valence electrons. The maximum absolute atomic E-state index is 12.3. The molecule has 4 amide bonds. The molecule has 5 atom stereocenters. The number of nitrogens with two attached hydrogens (primary N) is 2. The molecule has 0 bridgehead atoms. The summed E-state index contributed by atoms with van der Waals surface area (Å²) < 4.78 is 0. The van der Waals surface area contributed by atoms with Crippen LogP contribution in [0.1, 0.15) is 26.2 Å². The van der Waals surface area contributed by atoms with E-state index >= 15 is 0 Å². The van der Waals surface area contributed by atoms with E-state index in [2.05, 4.69) is 5.32 Å². The predicted molar refractivity (Wildman–Crippen MR) is 101 cm³/mol. The molecule has 0 aromatic heterocycles. The third kappa shape index (κ3) is 10.3. The number of hydrogen-bond acceptors (Lipinski definition) is 9. The van der Waals surface area contributed by atoms with Crippen LogP contribution in [0.3, 0.4) is 0 Å². The van der Waals surface area contributed by atoms with E-state index in [0.717, 1.165) is 6.92 Å². The second kappa shape index (κ2) is 13.1. The third-order valence-electron chi connectivity index (χ3n) is 3.90. The average Bonchev–Trinajstić information content (AvgIpc) is 2.66. The van der Waals surface area contributed by atoms with Gasteiger partial charge in [0.2, 0.25) is 23.6 Å². The summed E-state index contributed by atoms with van der Waals surface area (Å²) in [6, 6.07) is -6.34. The van der Waals surface area contributed by atoms with E-state index in [-0.39, 0.29) is 6.42 Å². The van der Waals surface area contributed by atoms with Crippen LogP contribution in [0.2, 0.25) is 0 Å². The fraction of sp³-hybridized carbons (Fsp3) is 0.625. The first kappa shape index (κ1) is 27.7. The molecule has 0 rings (SSSR count). The topological polar surface area (TPSA) is 271 Å². The molecule has 31 heavy (non-hydrogen) atoms. The summed E-state index contributed by atoms with van der Waals surface area (Å²) in [5, 5.41) is 42.8. The molecule has 0 aliphatic rings. The maximum Gasteiger partial charge on any atom is 0.326 e. The molecule has 0 fully saturated rings. The molecule has 0 heterocycles. The molecule has 0 aromatic carbocycles. The Bertz CT molecular complexity index is 698. The highest BCUT2D eigenvalue weighted by Gasteiger charge is 2.33. The number of aliphatic hydroxyl groups excluding tert-OH is 2. The molecule has 0 saturated heterocycles.